The summed E-state index contributed by atoms with van der Waals surface area (Å²) in [6.45, 7) is 4.46. The Balaban J connectivity index is 1.92. The molecule has 1 aromatic rings. The zero-order chi connectivity index (χ0) is 13.7. The topological polar surface area (TPSA) is 42.4 Å². The summed E-state index contributed by atoms with van der Waals surface area (Å²) in [5, 5.41) is 0. The third-order valence-electron chi connectivity index (χ3n) is 3.29. The molecule has 0 aromatic carbocycles. The summed E-state index contributed by atoms with van der Waals surface area (Å²) < 4.78 is 18.1. The highest BCUT2D eigenvalue weighted by Crippen LogP contribution is 2.19. The molecule has 5 heteroatoms. The fraction of sp³-hybridized carbons (Fsp3) is 0.571. The van der Waals surface area contributed by atoms with Gasteiger partial charge < -0.3 is 4.74 Å². The fourth-order valence-electron chi connectivity index (χ4n) is 2.45. The first-order chi connectivity index (χ1) is 9.19. The van der Waals surface area contributed by atoms with Crippen LogP contribution in [-0.2, 0) is 16.1 Å². The lowest BCUT2D eigenvalue weighted by atomic mass is 9.98. The van der Waals surface area contributed by atoms with Crippen LogP contribution in [0.1, 0.15) is 25.3 Å². The van der Waals surface area contributed by atoms with Gasteiger partial charge in [0, 0.05) is 19.3 Å². The number of ether oxygens (including phenoxy) is 1. The molecule has 0 bridgehead atoms. The Morgan fingerprint density at radius 3 is 3.16 bits per heavy atom. The van der Waals surface area contributed by atoms with Crippen LogP contribution >= 0.6 is 0 Å². The van der Waals surface area contributed by atoms with Gasteiger partial charge in [0.15, 0.2) is 0 Å². The Labute approximate surface area is 112 Å². The first-order valence-corrected chi connectivity index (χ1v) is 6.67. The minimum absolute atomic E-state index is 0.0600. The van der Waals surface area contributed by atoms with Crippen molar-refractivity contribution in [1.29, 1.82) is 0 Å². The molecule has 2 heterocycles. The molecule has 0 unspecified atom stereocenters. The maximum absolute atomic E-state index is 13.1. The van der Waals surface area contributed by atoms with Gasteiger partial charge in [-0.1, -0.05) is 0 Å². The van der Waals surface area contributed by atoms with Gasteiger partial charge >= 0.3 is 5.97 Å². The zero-order valence-electron chi connectivity index (χ0n) is 11.1. The average Bonchev–Trinajstić information content (AvgIpc) is 2.39. The van der Waals surface area contributed by atoms with Crippen LogP contribution in [0.4, 0.5) is 4.39 Å². The van der Waals surface area contributed by atoms with Gasteiger partial charge in [-0.05, 0) is 37.9 Å². The van der Waals surface area contributed by atoms with E-state index in [9.17, 15) is 9.18 Å². The second-order valence-corrected chi connectivity index (χ2v) is 4.84. The largest absolute Gasteiger partial charge is 0.466 e. The molecule has 0 spiro atoms. The number of carbonyl (C=O) groups is 1. The Morgan fingerprint density at radius 1 is 1.58 bits per heavy atom. The number of nitrogens with zero attached hydrogens (tertiary/aromatic N) is 2. The Morgan fingerprint density at radius 2 is 2.42 bits per heavy atom. The number of aromatic nitrogens is 1. The zero-order valence-corrected chi connectivity index (χ0v) is 11.1. The van der Waals surface area contributed by atoms with Crippen LogP contribution in [0.3, 0.4) is 0 Å². The molecule has 4 nitrogen and oxygen atoms in total. The minimum atomic E-state index is -0.323. The number of halogens is 1. The van der Waals surface area contributed by atoms with Gasteiger partial charge in [-0.3, -0.25) is 14.7 Å². The molecular formula is C14H19FN2O2. The summed E-state index contributed by atoms with van der Waals surface area (Å²) in [7, 11) is 0. The number of likely N-dealkylation sites (tertiary alicyclic amines) is 1. The van der Waals surface area contributed by atoms with Crippen LogP contribution in [-0.4, -0.2) is 35.5 Å². The van der Waals surface area contributed by atoms with Gasteiger partial charge in [-0.15, -0.1) is 0 Å². The van der Waals surface area contributed by atoms with Crippen LogP contribution in [0.5, 0.6) is 0 Å². The molecule has 0 amide bonds. The molecule has 2 rings (SSSR count). The lowest BCUT2D eigenvalue weighted by molar-refractivity contribution is -0.150. The smallest absolute Gasteiger partial charge is 0.310 e. The van der Waals surface area contributed by atoms with Crippen LogP contribution in [0, 0.1) is 11.7 Å². The second-order valence-electron chi connectivity index (χ2n) is 4.84. The number of piperidine rings is 1. The van der Waals surface area contributed by atoms with Crippen molar-refractivity contribution in [3.63, 3.8) is 0 Å². The number of pyridine rings is 1. The third kappa shape index (κ3) is 3.99. The predicted molar refractivity (Wildman–Crippen MR) is 68.8 cm³/mol. The SMILES string of the molecule is CCOC(=O)[C@@H]1CCCN(Cc2cncc(F)c2)C1. The maximum atomic E-state index is 13.1. The molecule has 19 heavy (non-hydrogen) atoms. The lowest BCUT2D eigenvalue weighted by Gasteiger charge is -2.31. The van der Waals surface area contributed by atoms with Gasteiger partial charge in [0.25, 0.3) is 0 Å². The molecule has 0 radical (unpaired) electrons. The van der Waals surface area contributed by atoms with Gasteiger partial charge in [-0.25, -0.2) is 4.39 Å². The summed E-state index contributed by atoms with van der Waals surface area (Å²) in [5.41, 5.74) is 0.838. The van der Waals surface area contributed by atoms with Gasteiger partial charge in [0.05, 0.1) is 18.7 Å². The normalized spacial score (nSPS) is 20.2. The molecule has 0 saturated carbocycles. The van der Waals surface area contributed by atoms with E-state index in [0.29, 0.717) is 19.7 Å². The number of esters is 1. The molecule has 1 atom stereocenters. The monoisotopic (exact) mass is 266 g/mol. The van der Waals surface area contributed by atoms with Crippen LogP contribution in [0.2, 0.25) is 0 Å². The van der Waals surface area contributed by atoms with Crippen molar-refractivity contribution in [3.8, 4) is 0 Å². The first kappa shape index (κ1) is 13.9. The number of hydrogen-bond acceptors (Lipinski definition) is 4. The third-order valence-corrected chi connectivity index (χ3v) is 3.29. The van der Waals surface area contributed by atoms with Crippen molar-refractivity contribution in [2.75, 3.05) is 19.7 Å². The number of carbonyl (C=O) groups excluding carboxylic acids is 1. The van der Waals surface area contributed by atoms with Gasteiger partial charge in [-0.2, -0.15) is 0 Å². The van der Waals surface area contributed by atoms with E-state index in [2.05, 4.69) is 9.88 Å². The van der Waals surface area contributed by atoms with E-state index in [0.717, 1.165) is 24.9 Å². The standard InChI is InChI=1S/C14H19FN2O2/c1-2-19-14(18)12-4-3-5-17(10-12)9-11-6-13(15)8-16-7-11/h6-8,12H,2-5,9-10H2,1H3/t12-/m1/s1. The van der Waals surface area contributed by atoms with E-state index in [4.69, 9.17) is 4.74 Å². The summed E-state index contributed by atoms with van der Waals surface area (Å²) in [5.74, 6) is -0.503. The Bertz CT molecular complexity index is 439. The fourth-order valence-corrected chi connectivity index (χ4v) is 2.45. The van der Waals surface area contributed by atoms with Crippen molar-refractivity contribution in [3.05, 3.63) is 29.8 Å². The molecule has 1 fully saturated rings. The first-order valence-electron chi connectivity index (χ1n) is 6.67. The highest BCUT2D eigenvalue weighted by atomic mass is 19.1. The molecule has 0 aliphatic carbocycles. The van der Waals surface area contributed by atoms with Crippen molar-refractivity contribution >= 4 is 5.97 Å². The highest BCUT2D eigenvalue weighted by molar-refractivity contribution is 5.72. The lowest BCUT2D eigenvalue weighted by Crippen LogP contribution is -2.38. The average molecular weight is 266 g/mol. The summed E-state index contributed by atoms with van der Waals surface area (Å²) >= 11 is 0. The minimum Gasteiger partial charge on any atom is -0.466 e. The molecule has 104 valence electrons. The maximum Gasteiger partial charge on any atom is 0.310 e. The predicted octanol–water partition coefficient (Wildman–Crippen LogP) is 2.00. The van der Waals surface area contributed by atoms with Crippen molar-refractivity contribution < 1.29 is 13.9 Å². The van der Waals surface area contributed by atoms with Crippen molar-refractivity contribution in [2.24, 2.45) is 5.92 Å². The Hall–Kier alpha value is -1.49. The molecule has 1 saturated heterocycles. The van der Waals surface area contributed by atoms with E-state index in [1.54, 1.807) is 6.20 Å². The molecule has 1 aromatic heterocycles. The van der Waals surface area contributed by atoms with Crippen molar-refractivity contribution in [1.82, 2.24) is 9.88 Å². The molecule has 1 aliphatic rings. The van der Waals surface area contributed by atoms with Gasteiger partial charge in [0.1, 0.15) is 5.82 Å². The van der Waals surface area contributed by atoms with Crippen LogP contribution in [0.25, 0.3) is 0 Å². The van der Waals surface area contributed by atoms with Crippen molar-refractivity contribution in [2.45, 2.75) is 26.3 Å². The van der Waals surface area contributed by atoms with Gasteiger partial charge in [0.2, 0.25) is 0 Å². The number of hydrogen-bond donors (Lipinski definition) is 0. The highest BCUT2D eigenvalue weighted by Gasteiger charge is 2.26. The van der Waals surface area contributed by atoms with E-state index in [1.807, 2.05) is 6.92 Å². The molecule has 0 N–H and O–H groups in total. The quantitative estimate of drug-likeness (QED) is 0.782. The summed E-state index contributed by atoms with van der Waals surface area (Å²) in [6.07, 6.45) is 4.70. The van der Waals surface area contributed by atoms with Crippen LogP contribution in [0.15, 0.2) is 18.5 Å². The van der Waals surface area contributed by atoms with E-state index >= 15 is 0 Å². The second kappa shape index (κ2) is 6.61. The molecule has 1 aliphatic heterocycles. The van der Waals surface area contributed by atoms with E-state index in [1.165, 1.54) is 12.3 Å². The Kier molecular flexibility index (Phi) is 4.85. The van der Waals surface area contributed by atoms with E-state index in [-0.39, 0.29) is 17.7 Å². The van der Waals surface area contributed by atoms with E-state index < -0.39 is 0 Å². The molecular weight excluding hydrogens is 247 g/mol. The number of rotatable bonds is 4. The summed E-state index contributed by atoms with van der Waals surface area (Å²) in [6, 6.07) is 1.49. The summed E-state index contributed by atoms with van der Waals surface area (Å²) in [4.78, 5) is 17.7. The van der Waals surface area contributed by atoms with Crippen LogP contribution < -0.4 is 0 Å².